The van der Waals surface area contributed by atoms with Gasteiger partial charge in [0, 0.05) is 43.8 Å². The molecule has 2 aromatic rings. The molecule has 0 spiro atoms. The summed E-state index contributed by atoms with van der Waals surface area (Å²) in [5.41, 5.74) is 1.12. The van der Waals surface area contributed by atoms with Gasteiger partial charge in [-0.05, 0) is 29.8 Å². The molecule has 0 N–H and O–H groups in total. The van der Waals surface area contributed by atoms with Crippen molar-refractivity contribution in [2.24, 2.45) is 0 Å². The van der Waals surface area contributed by atoms with Crippen LogP contribution in [0.4, 0.5) is 0 Å². The fourth-order valence-corrected chi connectivity index (χ4v) is 4.95. The summed E-state index contributed by atoms with van der Waals surface area (Å²) in [4.78, 5) is 2.35. The number of rotatable bonds is 6. The number of sulfonamides is 1. The Kier molecular flexibility index (Phi) is 7.97. The highest BCUT2D eigenvalue weighted by Gasteiger charge is 2.31. The SMILES string of the molecule is COc1ccc(OC)c(S(=O)(=O)N2CCN(Cc3cccc(Cl)c3)CC2)c1.[Cl-]. The molecule has 28 heavy (non-hydrogen) atoms. The Bertz CT molecular complexity index is 901. The van der Waals surface area contributed by atoms with Crippen LogP contribution < -0.4 is 21.9 Å². The number of ether oxygens (including phenoxy) is 2. The Labute approximate surface area is 177 Å². The molecule has 1 saturated heterocycles. The minimum atomic E-state index is -3.66. The molecule has 0 radical (unpaired) electrons. The molecule has 0 aromatic heterocycles. The summed E-state index contributed by atoms with van der Waals surface area (Å²) in [5, 5.41) is 0.707. The van der Waals surface area contributed by atoms with Crippen LogP contribution in [0.25, 0.3) is 0 Å². The third kappa shape index (κ3) is 5.10. The summed E-state index contributed by atoms with van der Waals surface area (Å²) in [5.74, 6) is 0.797. The highest BCUT2D eigenvalue weighted by atomic mass is 35.5. The maximum absolute atomic E-state index is 13.1. The molecule has 0 saturated carbocycles. The van der Waals surface area contributed by atoms with E-state index in [0.717, 1.165) is 12.1 Å². The van der Waals surface area contributed by atoms with E-state index >= 15 is 0 Å². The summed E-state index contributed by atoms with van der Waals surface area (Å²) in [6.45, 7) is 2.89. The molecule has 0 unspecified atom stereocenters. The summed E-state index contributed by atoms with van der Waals surface area (Å²) >= 11 is 6.04. The van der Waals surface area contributed by atoms with Gasteiger partial charge in [0.25, 0.3) is 0 Å². The molecule has 0 amide bonds. The zero-order valence-electron chi connectivity index (χ0n) is 15.8. The molecule has 0 atom stereocenters. The second-order valence-corrected chi connectivity index (χ2v) is 8.67. The van der Waals surface area contributed by atoms with E-state index in [4.69, 9.17) is 21.1 Å². The second kappa shape index (κ2) is 9.80. The molecule has 0 bridgehead atoms. The first kappa shape index (κ1) is 22.8. The topological polar surface area (TPSA) is 59.1 Å². The minimum Gasteiger partial charge on any atom is -1.00 e. The first-order valence-electron chi connectivity index (χ1n) is 8.63. The Morgan fingerprint density at radius 2 is 1.71 bits per heavy atom. The molecule has 1 aliphatic heterocycles. The van der Waals surface area contributed by atoms with E-state index in [9.17, 15) is 8.42 Å². The van der Waals surface area contributed by atoms with Crippen molar-refractivity contribution >= 4 is 21.6 Å². The van der Waals surface area contributed by atoms with Crippen molar-refractivity contribution in [1.29, 1.82) is 0 Å². The van der Waals surface area contributed by atoms with Gasteiger partial charge in [0.1, 0.15) is 16.4 Å². The lowest BCUT2D eigenvalue weighted by atomic mass is 10.2. The first-order valence-corrected chi connectivity index (χ1v) is 10.4. The molecule has 1 fully saturated rings. The van der Waals surface area contributed by atoms with Gasteiger partial charge in [-0.25, -0.2) is 8.42 Å². The Hall–Kier alpha value is -1.51. The van der Waals surface area contributed by atoms with Gasteiger partial charge in [-0.15, -0.1) is 0 Å². The molecule has 1 heterocycles. The molecule has 1 aliphatic rings. The zero-order valence-corrected chi connectivity index (χ0v) is 18.1. The van der Waals surface area contributed by atoms with Crippen molar-refractivity contribution in [2.45, 2.75) is 11.4 Å². The van der Waals surface area contributed by atoms with Crippen molar-refractivity contribution in [2.75, 3.05) is 40.4 Å². The van der Waals surface area contributed by atoms with Crippen molar-refractivity contribution in [3.8, 4) is 11.5 Å². The highest BCUT2D eigenvalue weighted by Crippen LogP contribution is 2.31. The van der Waals surface area contributed by atoms with Crippen LogP contribution in [0, 0.1) is 0 Å². The highest BCUT2D eigenvalue weighted by molar-refractivity contribution is 7.89. The lowest BCUT2D eigenvalue weighted by molar-refractivity contribution is -0.00000878. The Morgan fingerprint density at radius 1 is 1.00 bits per heavy atom. The monoisotopic (exact) mass is 445 g/mol. The number of nitrogens with zero attached hydrogens (tertiary/aromatic N) is 2. The maximum Gasteiger partial charge on any atom is 0.246 e. The maximum atomic E-state index is 13.1. The van der Waals surface area contributed by atoms with Gasteiger partial charge < -0.3 is 21.9 Å². The summed E-state index contributed by atoms with van der Waals surface area (Å²) in [7, 11) is -0.691. The van der Waals surface area contributed by atoms with E-state index in [2.05, 4.69) is 4.90 Å². The minimum absolute atomic E-state index is 0. The standard InChI is InChI=1S/C19H23ClN2O4S.ClH/c1-25-17-6-7-18(26-2)19(13-17)27(23,24)22-10-8-21(9-11-22)14-15-4-3-5-16(20)12-15;/h3-7,12-13H,8-11,14H2,1-2H3;1H/p-1. The lowest BCUT2D eigenvalue weighted by Crippen LogP contribution is -3.00. The fraction of sp³-hybridized carbons (Fsp3) is 0.368. The summed E-state index contributed by atoms with van der Waals surface area (Å²) in [6, 6.07) is 12.5. The van der Waals surface area contributed by atoms with Crippen LogP contribution in [-0.4, -0.2) is 58.0 Å². The number of halogens is 2. The van der Waals surface area contributed by atoms with Crippen molar-refractivity contribution in [3.05, 3.63) is 53.1 Å². The van der Waals surface area contributed by atoms with Crippen molar-refractivity contribution < 1.29 is 30.3 Å². The van der Waals surface area contributed by atoms with Crippen LogP contribution in [-0.2, 0) is 16.6 Å². The van der Waals surface area contributed by atoms with Gasteiger partial charge >= 0.3 is 0 Å². The molecule has 0 aliphatic carbocycles. The van der Waals surface area contributed by atoms with E-state index in [1.807, 2.05) is 24.3 Å². The predicted octanol–water partition coefficient (Wildman–Crippen LogP) is -0.132. The van der Waals surface area contributed by atoms with Gasteiger partial charge in [-0.1, -0.05) is 23.7 Å². The number of hydrogen-bond donors (Lipinski definition) is 0. The molecule has 2 aromatic carbocycles. The number of piperazine rings is 1. The van der Waals surface area contributed by atoms with Crippen LogP contribution in [0.3, 0.4) is 0 Å². The van der Waals surface area contributed by atoms with E-state index in [1.54, 1.807) is 12.1 Å². The van der Waals surface area contributed by atoms with E-state index in [-0.39, 0.29) is 17.3 Å². The van der Waals surface area contributed by atoms with Gasteiger partial charge in [0.05, 0.1) is 14.2 Å². The molecule has 3 rings (SSSR count). The number of benzene rings is 2. The van der Waals surface area contributed by atoms with Gasteiger partial charge in [0.2, 0.25) is 10.0 Å². The molecular weight excluding hydrogens is 423 g/mol. The van der Waals surface area contributed by atoms with E-state index < -0.39 is 10.0 Å². The third-order valence-electron chi connectivity index (χ3n) is 4.62. The van der Waals surface area contributed by atoms with E-state index in [0.29, 0.717) is 42.7 Å². The first-order chi connectivity index (χ1) is 12.9. The molecule has 154 valence electrons. The zero-order chi connectivity index (χ0) is 19.4. The van der Waals surface area contributed by atoms with Gasteiger partial charge in [0.15, 0.2) is 0 Å². The van der Waals surface area contributed by atoms with Crippen LogP contribution in [0.15, 0.2) is 47.4 Å². The second-order valence-electron chi connectivity index (χ2n) is 6.33. The normalized spacial score (nSPS) is 15.7. The quantitative estimate of drug-likeness (QED) is 0.619. The van der Waals surface area contributed by atoms with Gasteiger partial charge in [-0.2, -0.15) is 4.31 Å². The third-order valence-corrected chi connectivity index (χ3v) is 6.77. The molecular formula is C19H23Cl2N2O4S-. The Morgan fingerprint density at radius 3 is 2.32 bits per heavy atom. The van der Waals surface area contributed by atoms with E-state index in [1.165, 1.54) is 24.6 Å². The predicted molar refractivity (Wildman–Crippen MR) is 105 cm³/mol. The van der Waals surface area contributed by atoms with Crippen LogP contribution >= 0.6 is 11.6 Å². The van der Waals surface area contributed by atoms with Crippen LogP contribution in [0.5, 0.6) is 11.5 Å². The van der Waals surface area contributed by atoms with Gasteiger partial charge in [-0.3, -0.25) is 4.90 Å². The van der Waals surface area contributed by atoms with Crippen molar-refractivity contribution in [3.63, 3.8) is 0 Å². The number of hydrogen-bond acceptors (Lipinski definition) is 5. The lowest BCUT2D eigenvalue weighted by Gasteiger charge is -2.34. The summed E-state index contributed by atoms with van der Waals surface area (Å²) < 4.78 is 38.1. The molecule has 9 heteroatoms. The van der Waals surface area contributed by atoms with Crippen LogP contribution in [0.1, 0.15) is 5.56 Å². The average Bonchev–Trinajstić information content (AvgIpc) is 2.68. The smallest absolute Gasteiger partial charge is 0.246 e. The largest absolute Gasteiger partial charge is 1.00 e. The molecule has 6 nitrogen and oxygen atoms in total. The summed E-state index contributed by atoms with van der Waals surface area (Å²) in [6.07, 6.45) is 0. The van der Waals surface area contributed by atoms with Crippen LogP contribution in [0.2, 0.25) is 5.02 Å². The Balaban J connectivity index is 0.00000280. The average molecular weight is 446 g/mol. The number of methoxy groups -OCH3 is 2. The van der Waals surface area contributed by atoms with Crippen molar-refractivity contribution in [1.82, 2.24) is 9.21 Å². The fourth-order valence-electron chi connectivity index (χ4n) is 3.15.